The minimum atomic E-state index is -0.548. The number of aromatic nitrogens is 5. The summed E-state index contributed by atoms with van der Waals surface area (Å²) in [4.78, 5) is 15.4. The molecule has 0 spiro atoms. The Bertz CT molecular complexity index is 805. The molecule has 0 unspecified atom stereocenters. The number of hydrogen-bond donors (Lipinski definition) is 2. The van der Waals surface area contributed by atoms with Crippen LogP contribution in [0.1, 0.15) is 10.4 Å². The summed E-state index contributed by atoms with van der Waals surface area (Å²) in [5, 5.41) is 17.8. The van der Waals surface area contributed by atoms with E-state index in [-0.39, 0.29) is 11.5 Å². The highest BCUT2D eigenvalue weighted by Crippen LogP contribution is 2.05. The van der Waals surface area contributed by atoms with Crippen molar-refractivity contribution in [2.75, 3.05) is 18.4 Å². The fourth-order valence-electron chi connectivity index (χ4n) is 1.95. The molecule has 3 heterocycles. The number of nitrogens with one attached hydrogen (secondary N) is 2. The van der Waals surface area contributed by atoms with Crippen LogP contribution in [0.25, 0.3) is 5.82 Å². The Labute approximate surface area is 136 Å². The second-order valence-corrected chi connectivity index (χ2v) is 4.80. The molecule has 0 bridgehead atoms. The highest BCUT2D eigenvalue weighted by atomic mass is 19.1. The maximum absolute atomic E-state index is 13.0. The van der Waals surface area contributed by atoms with E-state index < -0.39 is 5.82 Å². The van der Waals surface area contributed by atoms with Gasteiger partial charge in [-0.15, -0.1) is 10.2 Å². The van der Waals surface area contributed by atoms with E-state index in [9.17, 15) is 9.18 Å². The highest BCUT2D eigenvalue weighted by Gasteiger charge is 2.06. The fraction of sp³-hybridized carbons (Fsp3) is 0.133. The number of nitrogens with zero attached hydrogens (tertiary/aromatic N) is 5. The lowest BCUT2D eigenvalue weighted by atomic mass is 10.2. The molecule has 3 aromatic heterocycles. The van der Waals surface area contributed by atoms with Gasteiger partial charge in [0.2, 0.25) is 0 Å². The van der Waals surface area contributed by atoms with E-state index in [4.69, 9.17) is 0 Å². The molecular formula is C15H14FN7O. The Balaban J connectivity index is 1.46. The Hall–Kier alpha value is -3.36. The van der Waals surface area contributed by atoms with Crippen LogP contribution in [0, 0.1) is 5.82 Å². The van der Waals surface area contributed by atoms with Gasteiger partial charge in [0, 0.05) is 31.7 Å². The predicted molar refractivity (Wildman–Crippen MR) is 84.2 cm³/mol. The van der Waals surface area contributed by atoms with E-state index in [1.54, 1.807) is 35.3 Å². The first-order valence-electron chi connectivity index (χ1n) is 7.19. The third-order valence-corrected chi connectivity index (χ3v) is 3.07. The van der Waals surface area contributed by atoms with Crippen LogP contribution in [0.15, 0.2) is 49.1 Å². The first-order chi connectivity index (χ1) is 11.7. The third-order valence-electron chi connectivity index (χ3n) is 3.07. The van der Waals surface area contributed by atoms with E-state index in [2.05, 4.69) is 30.9 Å². The molecule has 3 rings (SSSR count). The predicted octanol–water partition coefficient (Wildman–Crippen LogP) is 1.04. The van der Waals surface area contributed by atoms with Gasteiger partial charge in [0.25, 0.3) is 5.91 Å². The Kier molecular flexibility index (Phi) is 4.70. The van der Waals surface area contributed by atoms with Gasteiger partial charge in [-0.3, -0.25) is 9.78 Å². The quantitative estimate of drug-likeness (QED) is 0.657. The Morgan fingerprint density at radius 1 is 1.21 bits per heavy atom. The SMILES string of the molecule is O=C(NCCNc1ccc(-n2cccn2)nn1)c1cncc(F)c1. The first kappa shape index (κ1) is 15.5. The van der Waals surface area contributed by atoms with Crippen molar-refractivity contribution in [1.82, 2.24) is 30.3 Å². The van der Waals surface area contributed by atoms with E-state index >= 15 is 0 Å². The summed E-state index contributed by atoms with van der Waals surface area (Å²) in [6.07, 6.45) is 5.79. The minimum absolute atomic E-state index is 0.179. The average Bonchev–Trinajstić information content (AvgIpc) is 3.14. The number of halogens is 1. The number of amides is 1. The van der Waals surface area contributed by atoms with Crippen LogP contribution in [-0.4, -0.2) is 44.0 Å². The van der Waals surface area contributed by atoms with Gasteiger partial charge in [0.1, 0.15) is 11.6 Å². The summed E-state index contributed by atoms with van der Waals surface area (Å²) in [6.45, 7) is 0.794. The Morgan fingerprint density at radius 2 is 2.12 bits per heavy atom. The summed E-state index contributed by atoms with van der Waals surface area (Å²) in [5.74, 6) is 0.252. The van der Waals surface area contributed by atoms with Gasteiger partial charge in [-0.25, -0.2) is 9.07 Å². The van der Waals surface area contributed by atoms with Crippen molar-refractivity contribution in [2.45, 2.75) is 0 Å². The second-order valence-electron chi connectivity index (χ2n) is 4.80. The van der Waals surface area contributed by atoms with Gasteiger partial charge in [-0.2, -0.15) is 5.10 Å². The molecule has 0 radical (unpaired) electrons. The molecule has 24 heavy (non-hydrogen) atoms. The third kappa shape index (κ3) is 3.88. The van der Waals surface area contributed by atoms with Crippen LogP contribution in [0.3, 0.4) is 0 Å². The number of carbonyl (C=O) groups excluding carboxylic acids is 1. The van der Waals surface area contributed by atoms with Crippen molar-refractivity contribution in [3.63, 3.8) is 0 Å². The lowest BCUT2D eigenvalue weighted by Crippen LogP contribution is -2.29. The van der Waals surface area contributed by atoms with E-state index in [1.165, 1.54) is 6.20 Å². The van der Waals surface area contributed by atoms with Gasteiger partial charge in [0.05, 0.1) is 11.8 Å². The number of hydrogen-bond acceptors (Lipinski definition) is 6. The smallest absolute Gasteiger partial charge is 0.253 e. The zero-order valence-electron chi connectivity index (χ0n) is 12.6. The maximum atomic E-state index is 13.0. The normalized spacial score (nSPS) is 10.4. The summed E-state index contributed by atoms with van der Waals surface area (Å²) < 4.78 is 14.6. The number of rotatable bonds is 6. The van der Waals surface area contributed by atoms with Crippen LogP contribution in [0.2, 0.25) is 0 Å². The molecule has 3 aromatic rings. The second kappa shape index (κ2) is 7.27. The molecule has 8 nitrogen and oxygen atoms in total. The van der Waals surface area contributed by atoms with E-state index in [1.807, 2.05) is 0 Å². The van der Waals surface area contributed by atoms with Gasteiger partial charge < -0.3 is 10.6 Å². The molecular weight excluding hydrogens is 313 g/mol. The molecule has 9 heteroatoms. The van der Waals surface area contributed by atoms with Crippen molar-refractivity contribution in [3.05, 3.63) is 60.4 Å². The number of anilines is 1. The summed E-state index contributed by atoms with van der Waals surface area (Å²) in [5.41, 5.74) is 0.179. The topological polar surface area (TPSA) is 97.6 Å². The molecule has 0 aromatic carbocycles. The fourth-order valence-corrected chi connectivity index (χ4v) is 1.95. The monoisotopic (exact) mass is 327 g/mol. The molecule has 2 N–H and O–H groups in total. The average molecular weight is 327 g/mol. The van der Waals surface area contributed by atoms with Crippen molar-refractivity contribution in [3.8, 4) is 5.82 Å². The zero-order chi connectivity index (χ0) is 16.8. The molecule has 0 aliphatic heterocycles. The zero-order valence-corrected chi connectivity index (χ0v) is 12.6. The lowest BCUT2D eigenvalue weighted by Gasteiger charge is -2.07. The number of carbonyl (C=O) groups is 1. The summed E-state index contributed by atoms with van der Waals surface area (Å²) in [6, 6.07) is 6.47. The standard InChI is InChI=1S/C15H14FN7O/c16-12-8-11(9-17-10-12)15(24)19-6-5-18-13-2-3-14(22-21-13)23-7-1-4-20-23/h1-4,7-10H,5-6H2,(H,18,21)(H,19,24). The maximum Gasteiger partial charge on any atom is 0.253 e. The van der Waals surface area contributed by atoms with Gasteiger partial charge >= 0.3 is 0 Å². The Morgan fingerprint density at radius 3 is 2.83 bits per heavy atom. The first-order valence-corrected chi connectivity index (χ1v) is 7.19. The van der Waals surface area contributed by atoms with Crippen LogP contribution in [0.4, 0.5) is 10.2 Å². The summed E-state index contributed by atoms with van der Waals surface area (Å²) in [7, 11) is 0. The van der Waals surface area contributed by atoms with Crippen LogP contribution in [0.5, 0.6) is 0 Å². The molecule has 0 fully saturated rings. The van der Waals surface area contributed by atoms with Crippen molar-refractivity contribution < 1.29 is 9.18 Å². The molecule has 1 amide bonds. The highest BCUT2D eigenvalue weighted by molar-refractivity contribution is 5.93. The van der Waals surface area contributed by atoms with Crippen LogP contribution >= 0.6 is 0 Å². The lowest BCUT2D eigenvalue weighted by molar-refractivity contribution is 0.0954. The molecule has 0 saturated carbocycles. The van der Waals surface area contributed by atoms with Gasteiger partial charge in [-0.05, 0) is 24.3 Å². The minimum Gasteiger partial charge on any atom is -0.367 e. The van der Waals surface area contributed by atoms with Crippen molar-refractivity contribution in [1.29, 1.82) is 0 Å². The molecule has 0 atom stereocenters. The van der Waals surface area contributed by atoms with E-state index in [0.717, 1.165) is 12.3 Å². The van der Waals surface area contributed by atoms with Crippen LogP contribution in [-0.2, 0) is 0 Å². The van der Waals surface area contributed by atoms with Crippen molar-refractivity contribution >= 4 is 11.7 Å². The van der Waals surface area contributed by atoms with Crippen molar-refractivity contribution in [2.24, 2.45) is 0 Å². The molecule has 0 aliphatic rings. The van der Waals surface area contributed by atoms with Gasteiger partial charge in [-0.1, -0.05) is 0 Å². The molecule has 0 saturated heterocycles. The summed E-state index contributed by atoms with van der Waals surface area (Å²) >= 11 is 0. The molecule has 122 valence electrons. The van der Waals surface area contributed by atoms with Gasteiger partial charge in [0.15, 0.2) is 5.82 Å². The largest absolute Gasteiger partial charge is 0.367 e. The van der Waals surface area contributed by atoms with Crippen LogP contribution < -0.4 is 10.6 Å². The number of pyridine rings is 1. The molecule has 0 aliphatic carbocycles. The van der Waals surface area contributed by atoms with E-state index in [0.29, 0.717) is 24.7 Å².